The van der Waals surface area contributed by atoms with Crippen LogP contribution >= 0.6 is 23.2 Å². The lowest BCUT2D eigenvalue weighted by Gasteiger charge is -2.48. The second-order valence-corrected chi connectivity index (χ2v) is 8.14. The zero-order chi connectivity index (χ0) is 15.0. The molecule has 0 bridgehead atoms. The van der Waals surface area contributed by atoms with E-state index in [-0.39, 0.29) is 11.0 Å². The molecule has 0 aromatic heterocycles. The Morgan fingerprint density at radius 3 is 2.50 bits per heavy atom. The van der Waals surface area contributed by atoms with Crippen molar-refractivity contribution < 1.29 is 0 Å². The molecule has 2 rings (SSSR count). The first kappa shape index (κ1) is 16.1. The summed E-state index contributed by atoms with van der Waals surface area (Å²) in [5, 5.41) is 1.23. The van der Waals surface area contributed by atoms with E-state index in [1.165, 1.54) is 24.8 Å². The zero-order valence-corrected chi connectivity index (χ0v) is 14.2. The van der Waals surface area contributed by atoms with E-state index >= 15 is 0 Å². The number of rotatable bonds is 2. The molecule has 1 aliphatic rings. The van der Waals surface area contributed by atoms with Crippen molar-refractivity contribution >= 4 is 23.2 Å². The molecule has 0 aliphatic heterocycles. The third kappa shape index (κ3) is 3.50. The molecule has 0 spiro atoms. The fourth-order valence-electron chi connectivity index (χ4n) is 3.80. The number of halogens is 2. The van der Waals surface area contributed by atoms with Crippen LogP contribution in [0.4, 0.5) is 0 Å². The lowest BCUT2D eigenvalue weighted by atomic mass is 9.61. The van der Waals surface area contributed by atoms with E-state index in [4.69, 9.17) is 28.9 Å². The van der Waals surface area contributed by atoms with Crippen molar-refractivity contribution in [2.45, 2.75) is 58.4 Å². The van der Waals surface area contributed by atoms with Gasteiger partial charge in [-0.15, -0.1) is 0 Å². The second kappa shape index (κ2) is 5.87. The van der Waals surface area contributed by atoms with E-state index in [2.05, 4.69) is 26.8 Å². The average molecular weight is 314 g/mol. The Hall–Kier alpha value is -0.240. The van der Waals surface area contributed by atoms with Crippen molar-refractivity contribution in [3.05, 3.63) is 33.8 Å². The van der Waals surface area contributed by atoms with Gasteiger partial charge in [0.2, 0.25) is 0 Å². The van der Waals surface area contributed by atoms with Crippen molar-refractivity contribution in [3.8, 4) is 0 Å². The molecular weight excluding hydrogens is 289 g/mol. The number of hydrogen-bond acceptors (Lipinski definition) is 1. The Balaban J connectivity index is 2.25. The van der Waals surface area contributed by atoms with Gasteiger partial charge in [0.05, 0.1) is 10.0 Å². The standard InChI is InChI=1S/C17H25Cl2N/c1-16(2,3)15-6-4-5-9-17(15,20)11-12-7-8-13(18)14(19)10-12/h7-8,10,15H,4-6,9,11,20H2,1-3H3. The number of hydrogen-bond donors (Lipinski definition) is 1. The summed E-state index contributed by atoms with van der Waals surface area (Å²) in [6, 6.07) is 5.89. The van der Waals surface area contributed by atoms with Gasteiger partial charge < -0.3 is 5.73 Å². The van der Waals surface area contributed by atoms with Crippen molar-refractivity contribution in [3.63, 3.8) is 0 Å². The molecule has 1 nitrogen and oxygen atoms in total. The van der Waals surface area contributed by atoms with Crippen molar-refractivity contribution in [1.29, 1.82) is 0 Å². The highest BCUT2D eigenvalue weighted by atomic mass is 35.5. The molecule has 2 atom stereocenters. The van der Waals surface area contributed by atoms with Gasteiger partial charge in [-0.3, -0.25) is 0 Å². The van der Waals surface area contributed by atoms with Gasteiger partial charge in [-0.25, -0.2) is 0 Å². The Morgan fingerprint density at radius 2 is 1.90 bits per heavy atom. The number of benzene rings is 1. The van der Waals surface area contributed by atoms with Crippen molar-refractivity contribution in [1.82, 2.24) is 0 Å². The third-order valence-electron chi connectivity index (χ3n) is 4.64. The molecule has 112 valence electrons. The minimum atomic E-state index is -0.131. The molecule has 3 heteroatoms. The normalized spacial score (nSPS) is 27.6. The summed E-state index contributed by atoms with van der Waals surface area (Å²) < 4.78 is 0. The fraction of sp³-hybridized carbons (Fsp3) is 0.647. The maximum atomic E-state index is 6.83. The lowest BCUT2D eigenvalue weighted by Crippen LogP contribution is -2.55. The molecule has 2 N–H and O–H groups in total. The highest BCUT2D eigenvalue weighted by molar-refractivity contribution is 6.42. The van der Waals surface area contributed by atoms with Crippen LogP contribution in [-0.2, 0) is 6.42 Å². The summed E-state index contributed by atoms with van der Waals surface area (Å²) in [7, 11) is 0. The minimum Gasteiger partial charge on any atom is -0.325 e. The molecule has 1 aromatic rings. The average Bonchev–Trinajstić information content (AvgIpc) is 2.32. The van der Waals surface area contributed by atoms with Gasteiger partial charge in [0.1, 0.15) is 0 Å². The first-order valence-corrected chi connectivity index (χ1v) is 8.21. The van der Waals surface area contributed by atoms with E-state index < -0.39 is 0 Å². The SMILES string of the molecule is CC(C)(C)C1CCCCC1(N)Cc1ccc(Cl)c(Cl)c1. The van der Waals surface area contributed by atoms with Crippen LogP contribution < -0.4 is 5.73 Å². The van der Waals surface area contributed by atoms with Crippen molar-refractivity contribution in [2.75, 3.05) is 0 Å². The third-order valence-corrected chi connectivity index (χ3v) is 5.38. The van der Waals surface area contributed by atoms with Gasteiger partial charge in [-0.2, -0.15) is 0 Å². The Kier molecular flexibility index (Phi) is 4.73. The summed E-state index contributed by atoms with van der Waals surface area (Å²) in [5.41, 5.74) is 8.14. The summed E-state index contributed by atoms with van der Waals surface area (Å²) in [4.78, 5) is 0. The van der Waals surface area contributed by atoms with Gasteiger partial charge >= 0.3 is 0 Å². The summed E-state index contributed by atoms with van der Waals surface area (Å²) in [6.07, 6.45) is 5.72. The molecule has 1 fully saturated rings. The highest BCUT2D eigenvalue weighted by Crippen LogP contribution is 2.44. The van der Waals surface area contributed by atoms with Crippen LogP contribution in [0.15, 0.2) is 18.2 Å². The molecule has 0 radical (unpaired) electrons. The Bertz CT molecular complexity index is 478. The Morgan fingerprint density at radius 1 is 1.20 bits per heavy atom. The van der Waals surface area contributed by atoms with Crippen LogP contribution in [0.5, 0.6) is 0 Å². The van der Waals surface area contributed by atoms with E-state index in [0.717, 1.165) is 12.8 Å². The maximum absolute atomic E-state index is 6.83. The van der Waals surface area contributed by atoms with E-state index in [1.54, 1.807) is 0 Å². The van der Waals surface area contributed by atoms with Gasteiger partial charge in [0, 0.05) is 5.54 Å². The molecule has 1 aliphatic carbocycles. The topological polar surface area (TPSA) is 26.0 Å². The molecular formula is C17H25Cl2N. The zero-order valence-electron chi connectivity index (χ0n) is 12.7. The first-order chi connectivity index (χ1) is 9.22. The van der Waals surface area contributed by atoms with Crippen LogP contribution in [0.25, 0.3) is 0 Å². The molecule has 0 heterocycles. The maximum Gasteiger partial charge on any atom is 0.0595 e. The number of nitrogens with two attached hydrogens (primary N) is 1. The van der Waals surface area contributed by atoms with Gasteiger partial charge in [-0.1, -0.05) is 62.9 Å². The summed E-state index contributed by atoms with van der Waals surface area (Å²) in [5.74, 6) is 0.540. The quantitative estimate of drug-likeness (QED) is 0.769. The summed E-state index contributed by atoms with van der Waals surface area (Å²) >= 11 is 12.1. The van der Waals surface area contributed by atoms with Gasteiger partial charge in [0.15, 0.2) is 0 Å². The molecule has 0 amide bonds. The van der Waals surface area contributed by atoms with Crippen LogP contribution in [-0.4, -0.2) is 5.54 Å². The Labute approximate surface area is 132 Å². The van der Waals surface area contributed by atoms with E-state index in [9.17, 15) is 0 Å². The predicted molar refractivity (Wildman–Crippen MR) is 88.5 cm³/mol. The monoisotopic (exact) mass is 313 g/mol. The van der Waals surface area contributed by atoms with Gasteiger partial charge in [-0.05, 0) is 48.3 Å². The second-order valence-electron chi connectivity index (χ2n) is 7.32. The molecule has 20 heavy (non-hydrogen) atoms. The highest BCUT2D eigenvalue weighted by Gasteiger charge is 2.43. The van der Waals surface area contributed by atoms with Crippen molar-refractivity contribution in [2.24, 2.45) is 17.1 Å². The molecule has 1 saturated carbocycles. The first-order valence-electron chi connectivity index (χ1n) is 7.45. The van der Waals surface area contributed by atoms with E-state index in [0.29, 0.717) is 16.0 Å². The molecule has 2 unspecified atom stereocenters. The molecule has 1 aromatic carbocycles. The summed E-state index contributed by atoms with van der Waals surface area (Å²) in [6.45, 7) is 6.91. The van der Waals surface area contributed by atoms with Crippen LogP contribution in [0.3, 0.4) is 0 Å². The van der Waals surface area contributed by atoms with Crippen LogP contribution in [0, 0.1) is 11.3 Å². The fourth-order valence-corrected chi connectivity index (χ4v) is 4.12. The predicted octanol–water partition coefficient (Wildman–Crippen LogP) is 5.47. The smallest absolute Gasteiger partial charge is 0.0595 e. The largest absolute Gasteiger partial charge is 0.325 e. The van der Waals surface area contributed by atoms with E-state index in [1.807, 2.05) is 12.1 Å². The molecule has 0 saturated heterocycles. The minimum absolute atomic E-state index is 0.131. The van der Waals surface area contributed by atoms with Crippen LogP contribution in [0.1, 0.15) is 52.0 Å². The van der Waals surface area contributed by atoms with Gasteiger partial charge in [0.25, 0.3) is 0 Å². The lowest BCUT2D eigenvalue weighted by molar-refractivity contribution is 0.0793. The van der Waals surface area contributed by atoms with Crippen LogP contribution in [0.2, 0.25) is 10.0 Å².